The Balaban J connectivity index is 2.76. The summed E-state index contributed by atoms with van der Waals surface area (Å²) in [5, 5.41) is 1.93. The van der Waals surface area contributed by atoms with Crippen LogP contribution in [0.2, 0.25) is 0 Å². The summed E-state index contributed by atoms with van der Waals surface area (Å²) in [5.41, 5.74) is 12.8. The van der Waals surface area contributed by atoms with Crippen molar-refractivity contribution in [2.24, 2.45) is 0 Å². The van der Waals surface area contributed by atoms with Gasteiger partial charge in [0.1, 0.15) is 0 Å². The van der Waals surface area contributed by atoms with Gasteiger partial charge in [-0.1, -0.05) is 17.4 Å². The van der Waals surface area contributed by atoms with Crippen molar-refractivity contribution in [3.8, 4) is 5.06 Å². The zero-order valence-electron chi connectivity index (χ0n) is 7.20. The second-order valence-corrected chi connectivity index (χ2v) is 3.77. The van der Waals surface area contributed by atoms with Crippen molar-refractivity contribution in [3.05, 3.63) is 18.2 Å². The number of anilines is 2. The molecule has 4 N–H and O–H groups in total. The number of hydrogen-bond donors (Lipinski definition) is 2. The molecule has 3 nitrogen and oxygen atoms in total. The normalized spacial score (nSPS) is 10.5. The van der Waals surface area contributed by atoms with Crippen LogP contribution in [0.5, 0.6) is 5.06 Å². The van der Waals surface area contributed by atoms with Crippen molar-refractivity contribution in [3.63, 3.8) is 0 Å². The van der Waals surface area contributed by atoms with Crippen LogP contribution in [0.1, 0.15) is 0 Å². The first-order valence-corrected chi connectivity index (χ1v) is 4.65. The topological polar surface area (TPSA) is 61.3 Å². The second-order valence-electron chi connectivity index (χ2n) is 2.76. The first-order chi connectivity index (χ1) is 6.22. The van der Waals surface area contributed by atoms with Gasteiger partial charge in [-0.2, -0.15) is 0 Å². The van der Waals surface area contributed by atoms with Crippen molar-refractivity contribution in [2.45, 2.75) is 0 Å². The Kier molecular flexibility index (Phi) is 1.77. The molecule has 0 saturated heterocycles. The fraction of sp³-hybridized carbons (Fsp3) is 0.111. The highest BCUT2D eigenvalue weighted by molar-refractivity contribution is 7.21. The molecule has 1 aromatic heterocycles. The number of methoxy groups -OCH3 is 1. The molecule has 0 aliphatic heterocycles. The fourth-order valence-electron chi connectivity index (χ4n) is 1.22. The standard InChI is InChI=1S/C9H10N2OS/c1-12-7-4-5-2-3-6(10)8(11)9(5)13-7/h2-4H,10-11H2,1H3. The van der Waals surface area contributed by atoms with Crippen LogP contribution < -0.4 is 16.2 Å². The van der Waals surface area contributed by atoms with Crippen LogP contribution >= 0.6 is 11.3 Å². The number of ether oxygens (including phenoxy) is 1. The minimum Gasteiger partial charge on any atom is -0.487 e. The Bertz CT molecular complexity index is 450. The molecule has 1 aromatic carbocycles. The Morgan fingerprint density at radius 2 is 2.08 bits per heavy atom. The zero-order valence-corrected chi connectivity index (χ0v) is 8.02. The number of nitrogen functional groups attached to an aromatic ring is 2. The Hall–Kier alpha value is -1.42. The zero-order chi connectivity index (χ0) is 9.42. The van der Waals surface area contributed by atoms with E-state index in [0.29, 0.717) is 11.4 Å². The fourth-order valence-corrected chi connectivity index (χ4v) is 2.16. The molecule has 13 heavy (non-hydrogen) atoms. The van der Waals surface area contributed by atoms with E-state index < -0.39 is 0 Å². The Morgan fingerprint density at radius 3 is 2.77 bits per heavy atom. The summed E-state index contributed by atoms with van der Waals surface area (Å²) in [6, 6.07) is 5.71. The summed E-state index contributed by atoms with van der Waals surface area (Å²) < 4.78 is 6.11. The van der Waals surface area contributed by atoms with E-state index in [-0.39, 0.29) is 0 Å². The van der Waals surface area contributed by atoms with Gasteiger partial charge >= 0.3 is 0 Å². The molecule has 0 aliphatic carbocycles. The number of fused-ring (bicyclic) bond motifs is 1. The smallest absolute Gasteiger partial charge is 0.174 e. The summed E-state index contributed by atoms with van der Waals surface area (Å²) in [7, 11) is 1.64. The van der Waals surface area contributed by atoms with E-state index in [0.717, 1.165) is 15.1 Å². The lowest BCUT2D eigenvalue weighted by molar-refractivity contribution is 0.427. The van der Waals surface area contributed by atoms with Crippen LogP contribution in [0.3, 0.4) is 0 Å². The maximum absolute atomic E-state index is 5.82. The minimum absolute atomic E-state index is 0.622. The summed E-state index contributed by atoms with van der Waals surface area (Å²) in [6.07, 6.45) is 0. The van der Waals surface area contributed by atoms with Crippen LogP contribution in [-0.2, 0) is 0 Å². The summed E-state index contributed by atoms with van der Waals surface area (Å²) in [4.78, 5) is 0. The maximum Gasteiger partial charge on any atom is 0.174 e. The highest BCUT2D eigenvalue weighted by atomic mass is 32.1. The molecule has 0 atom stereocenters. The SMILES string of the molecule is COc1cc2ccc(N)c(N)c2s1. The Labute approximate surface area is 79.9 Å². The third-order valence-corrected chi connectivity index (χ3v) is 3.08. The average Bonchev–Trinajstić information content (AvgIpc) is 2.55. The summed E-state index contributed by atoms with van der Waals surface area (Å²) in [5.74, 6) is 0. The first-order valence-electron chi connectivity index (χ1n) is 3.84. The van der Waals surface area contributed by atoms with E-state index in [4.69, 9.17) is 16.2 Å². The van der Waals surface area contributed by atoms with E-state index >= 15 is 0 Å². The highest BCUT2D eigenvalue weighted by Gasteiger charge is 2.06. The molecular formula is C9H10N2OS. The molecule has 0 fully saturated rings. The van der Waals surface area contributed by atoms with Gasteiger partial charge in [0.15, 0.2) is 5.06 Å². The number of thiophene rings is 1. The monoisotopic (exact) mass is 194 g/mol. The van der Waals surface area contributed by atoms with Crippen molar-refractivity contribution in [1.29, 1.82) is 0 Å². The van der Waals surface area contributed by atoms with Crippen molar-refractivity contribution >= 4 is 32.8 Å². The quantitative estimate of drug-likeness (QED) is 0.683. The predicted molar refractivity (Wildman–Crippen MR) is 57.2 cm³/mol. The lowest BCUT2D eigenvalue weighted by Gasteiger charge is -1.98. The third kappa shape index (κ3) is 1.19. The van der Waals surface area contributed by atoms with E-state index in [1.165, 1.54) is 11.3 Å². The van der Waals surface area contributed by atoms with Gasteiger partial charge in [0.05, 0.1) is 23.2 Å². The van der Waals surface area contributed by atoms with Crippen LogP contribution in [-0.4, -0.2) is 7.11 Å². The lowest BCUT2D eigenvalue weighted by atomic mass is 10.2. The maximum atomic E-state index is 5.82. The van der Waals surface area contributed by atoms with Gasteiger partial charge in [-0.15, -0.1) is 0 Å². The first kappa shape index (κ1) is 8.19. The van der Waals surface area contributed by atoms with Gasteiger partial charge in [-0.25, -0.2) is 0 Å². The van der Waals surface area contributed by atoms with E-state index in [1.54, 1.807) is 7.11 Å². The molecule has 0 saturated carbocycles. The molecular weight excluding hydrogens is 184 g/mol. The molecule has 68 valence electrons. The molecule has 2 aromatic rings. The molecule has 0 bridgehead atoms. The molecule has 4 heteroatoms. The molecule has 2 rings (SSSR count). The molecule has 0 spiro atoms. The molecule has 0 amide bonds. The predicted octanol–water partition coefficient (Wildman–Crippen LogP) is 2.07. The van der Waals surface area contributed by atoms with Crippen molar-refractivity contribution in [1.82, 2.24) is 0 Å². The summed E-state index contributed by atoms with van der Waals surface area (Å²) in [6.45, 7) is 0. The number of hydrogen-bond acceptors (Lipinski definition) is 4. The molecule has 1 heterocycles. The van der Waals surface area contributed by atoms with Gasteiger partial charge in [-0.05, 0) is 17.5 Å². The lowest BCUT2D eigenvalue weighted by Crippen LogP contribution is -1.93. The number of rotatable bonds is 1. The molecule has 0 aliphatic rings. The average molecular weight is 194 g/mol. The van der Waals surface area contributed by atoms with Gasteiger partial charge < -0.3 is 16.2 Å². The highest BCUT2D eigenvalue weighted by Crippen LogP contribution is 2.37. The van der Waals surface area contributed by atoms with Gasteiger partial charge in [0, 0.05) is 0 Å². The van der Waals surface area contributed by atoms with E-state index in [9.17, 15) is 0 Å². The van der Waals surface area contributed by atoms with Crippen molar-refractivity contribution in [2.75, 3.05) is 18.6 Å². The van der Waals surface area contributed by atoms with Crippen LogP contribution in [0.15, 0.2) is 18.2 Å². The number of nitrogens with two attached hydrogens (primary N) is 2. The Morgan fingerprint density at radius 1 is 1.31 bits per heavy atom. The molecule has 0 unspecified atom stereocenters. The number of benzene rings is 1. The second kappa shape index (κ2) is 2.81. The van der Waals surface area contributed by atoms with E-state index in [1.807, 2.05) is 18.2 Å². The van der Waals surface area contributed by atoms with Crippen LogP contribution in [0, 0.1) is 0 Å². The van der Waals surface area contributed by atoms with Crippen LogP contribution in [0.25, 0.3) is 10.1 Å². The third-order valence-electron chi connectivity index (χ3n) is 1.94. The van der Waals surface area contributed by atoms with Gasteiger partial charge in [0.25, 0.3) is 0 Å². The van der Waals surface area contributed by atoms with Gasteiger partial charge in [0.2, 0.25) is 0 Å². The van der Waals surface area contributed by atoms with Crippen molar-refractivity contribution < 1.29 is 4.74 Å². The van der Waals surface area contributed by atoms with Gasteiger partial charge in [-0.3, -0.25) is 0 Å². The summed E-state index contributed by atoms with van der Waals surface area (Å²) >= 11 is 1.51. The molecule has 0 radical (unpaired) electrons. The minimum atomic E-state index is 0.622. The largest absolute Gasteiger partial charge is 0.487 e. The van der Waals surface area contributed by atoms with Crippen LogP contribution in [0.4, 0.5) is 11.4 Å². The van der Waals surface area contributed by atoms with E-state index in [2.05, 4.69) is 0 Å².